The van der Waals surface area contributed by atoms with Crippen molar-refractivity contribution in [1.82, 2.24) is 9.80 Å². The summed E-state index contributed by atoms with van der Waals surface area (Å²) in [6.45, 7) is 6.67. The molecule has 2 aromatic rings. The maximum Gasteiger partial charge on any atom is 0.289 e. The highest BCUT2D eigenvalue weighted by Crippen LogP contribution is 2.28. The zero-order valence-corrected chi connectivity index (χ0v) is 14.3. The molecule has 25 heavy (non-hydrogen) atoms. The number of hydrogen-bond acceptors (Lipinski definition) is 5. The van der Waals surface area contributed by atoms with E-state index in [-0.39, 0.29) is 22.6 Å². The van der Waals surface area contributed by atoms with Crippen LogP contribution in [0.3, 0.4) is 0 Å². The molecule has 7 nitrogen and oxygen atoms in total. The lowest BCUT2D eigenvalue weighted by Crippen LogP contribution is -2.49. The van der Waals surface area contributed by atoms with Gasteiger partial charge in [-0.1, -0.05) is 6.07 Å². The van der Waals surface area contributed by atoms with E-state index in [2.05, 4.69) is 11.8 Å². The van der Waals surface area contributed by atoms with Crippen molar-refractivity contribution < 1.29 is 14.1 Å². The van der Waals surface area contributed by atoms with Crippen molar-refractivity contribution in [3.05, 3.63) is 63.6 Å². The number of non-ortho nitro benzene ring substituents is 1. The molecular formula is C18H21N3O4. The van der Waals surface area contributed by atoms with Gasteiger partial charge in [-0.05, 0) is 37.1 Å². The van der Waals surface area contributed by atoms with Crippen LogP contribution < -0.4 is 0 Å². The predicted octanol–water partition coefficient (Wildman–Crippen LogP) is 3.02. The maximum absolute atomic E-state index is 12.3. The van der Waals surface area contributed by atoms with Crippen molar-refractivity contribution in [2.45, 2.75) is 19.9 Å². The van der Waals surface area contributed by atoms with Crippen LogP contribution in [0.1, 0.15) is 34.6 Å². The van der Waals surface area contributed by atoms with Crippen molar-refractivity contribution in [2.75, 3.05) is 26.2 Å². The number of furan rings is 1. The average Bonchev–Trinajstić information content (AvgIpc) is 3.15. The Morgan fingerprint density at radius 3 is 2.56 bits per heavy atom. The number of rotatable bonds is 4. The molecule has 1 fully saturated rings. The summed E-state index contributed by atoms with van der Waals surface area (Å²) >= 11 is 0. The fourth-order valence-corrected chi connectivity index (χ4v) is 3.26. The minimum atomic E-state index is -0.365. The van der Waals surface area contributed by atoms with Gasteiger partial charge in [0.1, 0.15) is 0 Å². The molecule has 0 bridgehead atoms. The highest BCUT2D eigenvalue weighted by atomic mass is 16.6. The van der Waals surface area contributed by atoms with Crippen molar-refractivity contribution >= 4 is 11.6 Å². The lowest BCUT2D eigenvalue weighted by molar-refractivity contribution is -0.385. The minimum absolute atomic E-state index is 0.0563. The number of nitrogens with zero attached hydrogens (tertiary/aromatic N) is 3. The topological polar surface area (TPSA) is 79.8 Å². The van der Waals surface area contributed by atoms with E-state index >= 15 is 0 Å². The summed E-state index contributed by atoms with van der Waals surface area (Å²) in [5.74, 6) is 0.264. The Balaban J connectivity index is 1.67. The van der Waals surface area contributed by atoms with E-state index in [4.69, 9.17) is 4.42 Å². The quantitative estimate of drug-likeness (QED) is 0.630. The molecule has 1 atom stereocenters. The first-order chi connectivity index (χ1) is 12.0. The van der Waals surface area contributed by atoms with E-state index in [1.807, 2.05) is 6.92 Å². The van der Waals surface area contributed by atoms with Gasteiger partial charge >= 0.3 is 0 Å². The summed E-state index contributed by atoms with van der Waals surface area (Å²) in [6, 6.07) is 8.41. The average molecular weight is 343 g/mol. The molecule has 0 N–H and O–H groups in total. The van der Waals surface area contributed by atoms with E-state index in [9.17, 15) is 14.9 Å². The Morgan fingerprint density at radius 2 is 1.96 bits per heavy atom. The molecule has 1 aliphatic heterocycles. The zero-order valence-electron chi connectivity index (χ0n) is 14.3. The smallest absolute Gasteiger partial charge is 0.289 e. The molecule has 0 unspecified atom stereocenters. The normalized spacial score (nSPS) is 16.6. The van der Waals surface area contributed by atoms with Crippen LogP contribution in [-0.2, 0) is 0 Å². The molecule has 0 aliphatic carbocycles. The van der Waals surface area contributed by atoms with Crippen LogP contribution in [0.4, 0.5) is 5.69 Å². The number of carbonyl (C=O) groups excluding carboxylic acids is 1. The largest absolute Gasteiger partial charge is 0.459 e. The predicted molar refractivity (Wildman–Crippen MR) is 92.4 cm³/mol. The Morgan fingerprint density at radius 1 is 1.24 bits per heavy atom. The molecule has 132 valence electrons. The third kappa shape index (κ3) is 3.56. The molecule has 0 saturated carbocycles. The van der Waals surface area contributed by atoms with Crippen LogP contribution in [0.5, 0.6) is 0 Å². The van der Waals surface area contributed by atoms with Crippen LogP contribution in [0.25, 0.3) is 0 Å². The lowest BCUT2D eigenvalue weighted by atomic mass is 10.00. The third-order valence-electron chi connectivity index (χ3n) is 4.80. The van der Waals surface area contributed by atoms with Crippen molar-refractivity contribution in [3.8, 4) is 0 Å². The number of piperazine rings is 1. The van der Waals surface area contributed by atoms with Crippen LogP contribution in [0, 0.1) is 17.0 Å². The van der Waals surface area contributed by atoms with Crippen LogP contribution in [0.2, 0.25) is 0 Å². The molecule has 0 radical (unpaired) electrons. The van der Waals surface area contributed by atoms with Crippen LogP contribution >= 0.6 is 0 Å². The highest BCUT2D eigenvalue weighted by Gasteiger charge is 2.27. The van der Waals surface area contributed by atoms with Crippen molar-refractivity contribution in [2.24, 2.45) is 0 Å². The molecule has 0 spiro atoms. The number of carbonyl (C=O) groups is 1. The van der Waals surface area contributed by atoms with E-state index in [1.165, 1.54) is 12.3 Å². The Labute approximate surface area is 146 Å². The highest BCUT2D eigenvalue weighted by molar-refractivity contribution is 5.91. The van der Waals surface area contributed by atoms with E-state index in [0.717, 1.165) is 24.2 Å². The second-order valence-corrected chi connectivity index (χ2v) is 6.28. The number of aryl methyl sites for hydroxylation is 1. The fraction of sp³-hybridized carbons (Fsp3) is 0.389. The number of nitro groups is 1. The molecule has 1 aromatic heterocycles. The van der Waals surface area contributed by atoms with Crippen molar-refractivity contribution in [3.63, 3.8) is 0 Å². The second-order valence-electron chi connectivity index (χ2n) is 6.28. The van der Waals surface area contributed by atoms with E-state index in [0.29, 0.717) is 18.8 Å². The Hall–Kier alpha value is -2.67. The molecule has 3 rings (SSSR count). The summed E-state index contributed by atoms with van der Waals surface area (Å²) in [5, 5.41) is 11.0. The van der Waals surface area contributed by atoms with Gasteiger partial charge in [-0.3, -0.25) is 19.8 Å². The monoisotopic (exact) mass is 343 g/mol. The summed E-state index contributed by atoms with van der Waals surface area (Å²) in [7, 11) is 0. The standard InChI is InChI=1S/C18H21N3O4/c1-13-5-6-15(21(23)24)12-16(13)14(2)19-7-9-20(10-8-19)18(22)17-4-3-11-25-17/h3-6,11-12,14H,7-10H2,1-2H3/t14-/m0/s1. The van der Waals surface area contributed by atoms with Crippen LogP contribution in [-0.4, -0.2) is 46.8 Å². The summed E-state index contributed by atoms with van der Waals surface area (Å²) in [5.41, 5.74) is 2.10. The number of hydrogen-bond donors (Lipinski definition) is 0. The van der Waals surface area contributed by atoms with Crippen molar-refractivity contribution in [1.29, 1.82) is 0 Å². The summed E-state index contributed by atoms with van der Waals surface area (Å²) < 4.78 is 5.17. The number of amides is 1. The Kier molecular flexibility index (Phi) is 4.85. The van der Waals surface area contributed by atoms with Gasteiger partial charge in [-0.15, -0.1) is 0 Å². The van der Waals surface area contributed by atoms with Gasteiger partial charge < -0.3 is 9.32 Å². The van der Waals surface area contributed by atoms with E-state index < -0.39 is 0 Å². The first-order valence-corrected chi connectivity index (χ1v) is 8.29. The Bertz CT molecular complexity index is 765. The molecule has 1 aliphatic rings. The van der Waals surface area contributed by atoms with Gasteiger partial charge in [0.05, 0.1) is 11.2 Å². The van der Waals surface area contributed by atoms with E-state index in [1.54, 1.807) is 29.2 Å². The fourth-order valence-electron chi connectivity index (χ4n) is 3.26. The van der Waals surface area contributed by atoms with Gasteiger partial charge in [0.15, 0.2) is 5.76 Å². The van der Waals surface area contributed by atoms with Gasteiger partial charge in [0, 0.05) is 44.4 Å². The van der Waals surface area contributed by atoms with Crippen LogP contribution in [0.15, 0.2) is 41.0 Å². The second kappa shape index (κ2) is 7.06. The lowest BCUT2D eigenvalue weighted by Gasteiger charge is -2.38. The SMILES string of the molecule is Cc1ccc([N+](=O)[O-])cc1[C@H](C)N1CCN(C(=O)c2ccco2)CC1. The number of benzene rings is 1. The molecule has 2 heterocycles. The number of nitro benzene ring substituents is 1. The molecule has 1 aromatic carbocycles. The molecule has 1 amide bonds. The maximum atomic E-state index is 12.3. The zero-order chi connectivity index (χ0) is 18.0. The minimum Gasteiger partial charge on any atom is -0.459 e. The first kappa shape index (κ1) is 17.2. The van der Waals surface area contributed by atoms with Gasteiger partial charge in [-0.2, -0.15) is 0 Å². The van der Waals surface area contributed by atoms with Gasteiger partial charge in [-0.25, -0.2) is 0 Å². The molecular weight excluding hydrogens is 322 g/mol. The first-order valence-electron chi connectivity index (χ1n) is 8.29. The molecule has 1 saturated heterocycles. The molecule has 7 heteroatoms. The summed E-state index contributed by atoms with van der Waals surface area (Å²) in [4.78, 5) is 27.0. The third-order valence-corrected chi connectivity index (χ3v) is 4.80. The summed E-state index contributed by atoms with van der Waals surface area (Å²) in [6.07, 6.45) is 1.50. The van der Waals surface area contributed by atoms with Gasteiger partial charge in [0.2, 0.25) is 0 Å². The van der Waals surface area contributed by atoms with Gasteiger partial charge in [0.25, 0.3) is 11.6 Å².